The predicted octanol–water partition coefficient (Wildman–Crippen LogP) is 1.24. The topological polar surface area (TPSA) is 75.3 Å². The van der Waals surface area contributed by atoms with Gasteiger partial charge < -0.3 is 10.6 Å². The molecule has 21 heavy (non-hydrogen) atoms. The Morgan fingerprint density at radius 1 is 1.38 bits per heavy atom. The molecule has 0 aromatic heterocycles. The molecule has 2 rings (SSSR count). The number of hydrogen-bond acceptors (Lipinski definition) is 4. The Balaban J connectivity index is 0.00000220. The number of benzene rings is 1. The van der Waals surface area contributed by atoms with E-state index in [9.17, 15) is 13.2 Å². The molecule has 1 aliphatic rings. The zero-order valence-electron chi connectivity index (χ0n) is 12.0. The van der Waals surface area contributed by atoms with Crippen molar-refractivity contribution < 1.29 is 13.2 Å². The lowest BCUT2D eigenvalue weighted by molar-refractivity contribution is 0.0941. The summed E-state index contributed by atoms with van der Waals surface area (Å²) >= 11 is 0. The highest BCUT2D eigenvalue weighted by Gasteiger charge is 2.19. The molecule has 1 amide bonds. The number of sulfone groups is 1. The molecule has 1 atom stereocenters. The molecule has 7 heteroatoms. The van der Waals surface area contributed by atoms with Crippen molar-refractivity contribution in [3.63, 3.8) is 0 Å². The van der Waals surface area contributed by atoms with Crippen molar-refractivity contribution in [2.45, 2.75) is 17.7 Å². The van der Waals surface area contributed by atoms with Crippen LogP contribution in [0.5, 0.6) is 0 Å². The smallest absolute Gasteiger partial charge is 0.252 e. The van der Waals surface area contributed by atoms with E-state index in [4.69, 9.17) is 0 Å². The monoisotopic (exact) mass is 332 g/mol. The Labute approximate surface area is 131 Å². The zero-order chi connectivity index (χ0) is 14.6. The number of halogens is 1. The van der Waals surface area contributed by atoms with Crippen molar-refractivity contribution in [1.82, 2.24) is 10.6 Å². The van der Waals surface area contributed by atoms with Gasteiger partial charge >= 0.3 is 0 Å². The van der Waals surface area contributed by atoms with Crippen LogP contribution < -0.4 is 10.6 Å². The minimum atomic E-state index is -3.39. The highest BCUT2D eigenvalue weighted by atomic mass is 35.5. The normalized spacial score (nSPS) is 18.6. The molecule has 1 saturated heterocycles. The Kier molecular flexibility index (Phi) is 6.64. The van der Waals surface area contributed by atoms with Gasteiger partial charge in [0.1, 0.15) is 0 Å². The summed E-state index contributed by atoms with van der Waals surface area (Å²) in [6.45, 7) is 2.50. The highest BCUT2D eigenvalue weighted by molar-refractivity contribution is 7.90. The maximum absolute atomic E-state index is 12.2. The number of carbonyl (C=O) groups excluding carboxylic acids is 1. The second kappa shape index (κ2) is 7.77. The molecular formula is C14H21ClN2O3S. The number of piperidine rings is 1. The van der Waals surface area contributed by atoms with E-state index in [-0.39, 0.29) is 28.8 Å². The van der Waals surface area contributed by atoms with Gasteiger partial charge in [0.2, 0.25) is 0 Å². The summed E-state index contributed by atoms with van der Waals surface area (Å²) in [6.07, 6.45) is 3.31. The summed E-state index contributed by atoms with van der Waals surface area (Å²) in [7, 11) is -3.39. The van der Waals surface area contributed by atoms with Crippen molar-refractivity contribution in [1.29, 1.82) is 0 Å². The van der Waals surface area contributed by atoms with E-state index >= 15 is 0 Å². The van der Waals surface area contributed by atoms with E-state index in [1.54, 1.807) is 18.2 Å². The molecule has 118 valence electrons. The molecule has 1 heterocycles. The van der Waals surface area contributed by atoms with Crippen LogP contribution in [0.4, 0.5) is 0 Å². The van der Waals surface area contributed by atoms with Gasteiger partial charge in [0, 0.05) is 12.8 Å². The van der Waals surface area contributed by atoms with Crippen molar-refractivity contribution in [3.05, 3.63) is 29.8 Å². The van der Waals surface area contributed by atoms with Crippen molar-refractivity contribution in [3.8, 4) is 0 Å². The van der Waals surface area contributed by atoms with Gasteiger partial charge in [-0.05, 0) is 44.0 Å². The summed E-state index contributed by atoms with van der Waals surface area (Å²) in [5, 5.41) is 6.12. The fraction of sp³-hybridized carbons (Fsp3) is 0.500. The van der Waals surface area contributed by atoms with Gasteiger partial charge in [-0.2, -0.15) is 0 Å². The first kappa shape index (κ1) is 17.9. The third-order valence-corrected chi connectivity index (χ3v) is 4.64. The molecule has 1 fully saturated rings. The molecule has 0 bridgehead atoms. The third-order valence-electron chi connectivity index (χ3n) is 3.48. The Hall–Kier alpha value is -1.11. The van der Waals surface area contributed by atoms with Gasteiger partial charge in [0.25, 0.3) is 5.91 Å². The van der Waals surface area contributed by atoms with Gasteiger partial charge in [0.15, 0.2) is 9.84 Å². The van der Waals surface area contributed by atoms with Crippen LogP contribution in [-0.4, -0.2) is 40.2 Å². The predicted molar refractivity (Wildman–Crippen MR) is 84.7 cm³/mol. The first-order chi connectivity index (χ1) is 9.48. The SMILES string of the molecule is CS(=O)(=O)c1ccccc1C(=O)NCC1CCCNC1.Cl. The average molecular weight is 333 g/mol. The lowest BCUT2D eigenvalue weighted by Gasteiger charge is -2.23. The second-order valence-corrected chi connectivity index (χ2v) is 7.17. The highest BCUT2D eigenvalue weighted by Crippen LogP contribution is 2.15. The number of amides is 1. The molecule has 0 aliphatic carbocycles. The van der Waals surface area contributed by atoms with Crippen LogP contribution >= 0.6 is 12.4 Å². The van der Waals surface area contributed by atoms with E-state index in [2.05, 4.69) is 10.6 Å². The van der Waals surface area contributed by atoms with Gasteiger partial charge in [-0.3, -0.25) is 4.79 Å². The fourth-order valence-corrected chi connectivity index (χ4v) is 3.29. The minimum absolute atomic E-state index is 0. The first-order valence-corrected chi connectivity index (χ1v) is 8.65. The van der Waals surface area contributed by atoms with Crippen LogP contribution in [0.1, 0.15) is 23.2 Å². The van der Waals surface area contributed by atoms with E-state index in [0.29, 0.717) is 12.5 Å². The van der Waals surface area contributed by atoms with Gasteiger partial charge in [-0.1, -0.05) is 12.1 Å². The second-order valence-electron chi connectivity index (χ2n) is 5.19. The number of hydrogen-bond donors (Lipinski definition) is 2. The van der Waals surface area contributed by atoms with Crippen LogP contribution in [0.3, 0.4) is 0 Å². The summed E-state index contributed by atoms with van der Waals surface area (Å²) < 4.78 is 23.3. The first-order valence-electron chi connectivity index (χ1n) is 6.76. The van der Waals surface area contributed by atoms with Crippen LogP contribution in [0, 0.1) is 5.92 Å². The fourth-order valence-electron chi connectivity index (χ4n) is 2.41. The maximum atomic E-state index is 12.2. The zero-order valence-corrected chi connectivity index (χ0v) is 13.6. The molecule has 0 radical (unpaired) electrons. The molecule has 1 aliphatic heterocycles. The Bertz CT molecular complexity index is 584. The summed E-state index contributed by atoms with van der Waals surface area (Å²) in [6, 6.07) is 6.31. The third kappa shape index (κ3) is 4.98. The van der Waals surface area contributed by atoms with Crippen LogP contribution in [0.25, 0.3) is 0 Å². The van der Waals surface area contributed by atoms with Gasteiger partial charge in [-0.15, -0.1) is 12.4 Å². The summed E-state index contributed by atoms with van der Waals surface area (Å²) in [5.74, 6) is 0.0923. The number of rotatable bonds is 4. The van der Waals surface area contributed by atoms with E-state index in [1.165, 1.54) is 6.07 Å². The van der Waals surface area contributed by atoms with Crippen molar-refractivity contribution in [2.24, 2.45) is 5.92 Å². The lowest BCUT2D eigenvalue weighted by atomic mass is 10.00. The molecule has 1 aromatic carbocycles. The van der Waals surface area contributed by atoms with E-state index in [0.717, 1.165) is 32.2 Å². The maximum Gasteiger partial charge on any atom is 0.252 e. The molecule has 0 saturated carbocycles. The molecule has 5 nitrogen and oxygen atoms in total. The van der Waals surface area contributed by atoms with Crippen molar-refractivity contribution in [2.75, 3.05) is 25.9 Å². The van der Waals surface area contributed by atoms with Gasteiger partial charge in [-0.25, -0.2) is 8.42 Å². The lowest BCUT2D eigenvalue weighted by Crippen LogP contribution is -2.38. The minimum Gasteiger partial charge on any atom is -0.352 e. The van der Waals surface area contributed by atoms with Crippen LogP contribution in [0.15, 0.2) is 29.2 Å². The standard InChI is InChI=1S/C14H20N2O3S.ClH/c1-20(18,19)13-7-3-2-6-12(13)14(17)16-10-11-5-4-8-15-9-11;/h2-3,6-7,11,15H,4-5,8-10H2,1H3,(H,16,17);1H. The van der Waals surface area contributed by atoms with Gasteiger partial charge in [0.05, 0.1) is 10.5 Å². The molecular weight excluding hydrogens is 312 g/mol. The summed E-state index contributed by atoms with van der Waals surface area (Å²) in [5.41, 5.74) is 0.221. The van der Waals surface area contributed by atoms with Crippen LogP contribution in [0.2, 0.25) is 0 Å². The molecule has 2 N–H and O–H groups in total. The van der Waals surface area contributed by atoms with Crippen LogP contribution in [-0.2, 0) is 9.84 Å². The molecule has 1 unspecified atom stereocenters. The van der Waals surface area contributed by atoms with E-state index in [1.807, 2.05) is 0 Å². The molecule has 0 spiro atoms. The Morgan fingerprint density at radius 2 is 2.10 bits per heavy atom. The van der Waals surface area contributed by atoms with Crippen molar-refractivity contribution >= 4 is 28.2 Å². The average Bonchev–Trinajstić information content (AvgIpc) is 2.45. The number of nitrogens with one attached hydrogen (secondary N) is 2. The Morgan fingerprint density at radius 3 is 2.71 bits per heavy atom. The quantitative estimate of drug-likeness (QED) is 0.870. The number of carbonyl (C=O) groups is 1. The summed E-state index contributed by atoms with van der Waals surface area (Å²) in [4.78, 5) is 12.2. The van der Waals surface area contributed by atoms with E-state index < -0.39 is 9.84 Å². The largest absolute Gasteiger partial charge is 0.352 e. The molecule has 1 aromatic rings.